The van der Waals surface area contributed by atoms with E-state index in [1.165, 1.54) is 12.8 Å². The highest BCUT2D eigenvalue weighted by molar-refractivity contribution is 5.80. The summed E-state index contributed by atoms with van der Waals surface area (Å²) >= 11 is 0. The van der Waals surface area contributed by atoms with Crippen LogP contribution in [-0.2, 0) is 4.79 Å². The van der Waals surface area contributed by atoms with Crippen LogP contribution in [0.2, 0.25) is 0 Å². The van der Waals surface area contributed by atoms with Gasteiger partial charge in [-0.15, -0.1) is 0 Å². The number of hydrogen-bond donors (Lipinski definition) is 2. The summed E-state index contributed by atoms with van der Waals surface area (Å²) in [5, 5.41) is 3.23. The maximum absolute atomic E-state index is 11.4. The van der Waals surface area contributed by atoms with E-state index < -0.39 is 0 Å². The predicted octanol–water partition coefficient (Wildman–Crippen LogP) is -0.136. The summed E-state index contributed by atoms with van der Waals surface area (Å²) in [4.78, 5) is 16.0. The quantitative estimate of drug-likeness (QED) is 0.695. The zero-order valence-electron chi connectivity index (χ0n) is 12.1. The van der Waals surface area contributed by atoms with E-state index in [0.717, 1.165) is 19.6 Å². The second-order valence-corrected chi connectivity index (χ2v) is 5.77. The molecule has 1 unspecified atom stereocenters. The van der Waals surface area contributed by atoms with Gasteiger partial charge in [0.2, 0.25) is 5.91 Å². The Hall–Kier alpha value is -0.650. The highest BCUT2D eigenvalue weighted by Crippen LogP contribution is 2.14. The van der Waals surface area contributed by atoms with Crippen molar-refractivity contribution >= 4 is 5.91 Å². The van der Waals surface area contributed by atoms with E-state index in [1.54, 1.807) is 0 Å². The van der Waals surface area contributed by atoms with Gasteiger partial charge < -0.3 is 20.9 Å². The van der Waals surface area contributed by atoms with Crippen molar-refractivity contribution in [2.45, 2.75) is 44.8 Å². The van der Waals surface area contributed by atoms with Gasteiger partial charge in [-0.05, 0) is 40.0 Å². The van der Waals surface area contributed by atoms with Crippen LogP contribution in [-0.4, -0.2) is 67.6 Å². The van der Waals surface area contributed by atoms with E-state index >= 15 is 0 Å². The second kappa shape index (κ2) is 7.07. The number of carbonyl (C=O) groups excluding carboxylic acids is 1. The van der Waals surface area contributed by atoms with Crippen LogP contribution in [0.3, 0.4) is 0 Å². The van der Waals surface area contributed by atoms with Crippen molar-refractivity contribution in [1.29, 1.82) is 0 Å². The lowest BCUT2D eigenvalue weighted by atomic mass is 10.0. The van der Waals surface area contributed by atoms with Crippen LogP contribution < -0.4 is 11.1 Å². The molecule has 1 fully saturated rings. The van der Waals surface area contributed by atoms with E-state index in [0.29, 0.717) is 6.04 Å². The predicted molar refractivity (Wildman–Crippen MR) is 74.4 cm³/mol. The highest BCUT2D eigenvalue weighted by Gasteiger charge is 2.24. The number of likely N-dealkylation sites (tertiary alicyclic amines) is 1. The summed E-state index contributed by atoms with van der Waals surface area (Å²) in [6.07, 6.45) is 2.33. The summed E-state index contributed by atoms with van der Waals surface area (Å²) in [7, 11) is 4.26. The minimum atomic E-state index is -0.251. The fourth-order valence-electron chi connectivity index (χ4n) is 2.50. The van der Waals surface area contributed by atoms with E-state index in [2.05, 4.69) is 29.2 Å². The van der Waals surface area contributed by atoms with Gasteiger partial charge in [0.15, 0.2) is 0 Å². The normalized spacial score (nSPS) is 20.6. The zero-order valence-corrected chi connectivity index (χ0v) is 12.1. The number of primary amides is 1. The Labute approximate surface area is 111 Å². The standard InChI is InChI=1S/C13H28N4O/c1-10(2)15-12(13(14)18)9-17-7-5-11(6-8-17)16(3)4/h10-12,15H,5-9H2,1-4H3,(H2,14,18). The fourth-order valence-corrected chi connectivity index (χ4v) is 2.50. The van der Waals surface area contributed by atoms with Gasteiger partial charge in [-0.25, -0.2) is 0 Å². The van der Waals surface area contributed by atoms with Gasteiger partial charge in [0.25, 0.3) is 0 Å². The van der Waals surface area contributed by atoms with E-state index in [-0.39, 0.29) is 18.0 Å². The van der Waals surface area contributed by atoms with Crippen LogP contribution in [0, 0.1) is 0 Å². The SMILES string of the molecule is CC(C)NC(CN1CCC(N(C)C)CC1)C(N)=O. The molecule has 1 saturated heterocycles. The summed E-state index contributed by atoms with van der Waals surface area (Å²) < 4.78 is 0. The largest absolute Gasteiger partial charge is 0.368 e. The molecule has 0 aromatic carbocycles. The number of nitrogens with two attached hydrogens (primary N) is 1. The Morgan fingerprint density at radius 1 is 1.39 bits per heavy atom. The van der Waals surface area contributed by atoms with Crippen molar-refractivity contribution in [2.75, 3.05) is 33.7 Å². The topological polar surface area (TPSA) is 61.6 Å². The number of rotatable bonds is 6. The maximum Gasteiger partial charge on any atom is 0.235 e. The lowest BCUT2D eigenvalue weighted by molar-refractivity contribution is -0.120. The Kier molecular flexibility index (Phi) is 6.05. The highest BCUT2D eigenvalue weighted by atomic mass is 16.1. The summed E-state index contributed by atoms with van der Waals surface area (Å²) in [6.45, 7) is 6.90. The first kappa shape index (κ1) is 15.4. The lowest BCUT2D eigenvalue weighted by Crippen LogP contribution is -2.53. The van der Waals surface area contributed by atoms with Crippen molar-refractivity contribution in [1.82, 2.24) is 15.1 Å². The van der Waals surface area contributed by atoms with Crippen molar-refractivity contribution < 1.29 is 4.79 Å². The molecule has 0 aliphatic carbocycles. The van der Waals surface area contributed by atoms with Gasteiger partial charge in [0.05, 0.1) is 6.04 Å². The fraction of sp³-hybridized carbons (Fsp3) is 0.923. The summed E-state index contributed by atoms with van der Waals surface area (Å²) in [6, 6.07) is 0.717. The molecule has 18 heavy (non-hydrogen) atoms. The monoisotopic (exact) mass is 256 g/mol. The van der Waals surface area contributed by atoms with Gasteiger partial charge in [-0.1, -0.05) is 13.8 Å². The molecule has 1 atom stereocenters. The number of piperidine rings is 1. The molecular formula is C13H28N4O. The minimum Gasteiger partial charge on any atom is -0.368 e. The van der Waals surface area contributed by atoms with Crippen molar-refractivity contribution in [2.24, 2.45) is 5.73 Å². The molecule has 1 amide bonds. The van der Waals surface area contributed by atoms with Crippen LogP contribution >= 0.6 is 0 Å². The lowest BCUT2D eigenvalue weighted by Gasteiger charge is -2.36. The van der Waals surface area contributed by atoms with Crippen LogP contribution in [0.15, 0.2) is 0 Å². The van der Waals surface area contributed by atoms with Crippen LogP contribution in [0.4, 0.5) is 0 Å². The third kappa shape index (κ3) is 4.92. The van der Waals surface area contributed by atoms with Crippen molar-refractivity contribution in [3.05, 3.63) is 0 Å². The van der Waals surface area contributed by atoms with Gasteiger partial charge in [0.1, 0.15) is 0 Å². The molecule has 106 valence electrons. The molecule has 0 radical (unpaired) electrons. The van der Waals surface area contributed by atoms with Crippen LogP contribution in [0.25, 0.3) is 0 Å². The average Bonchev–Trinajstić information content (AvgIpc) is 2.28. The molecule has 1 heterocycles. The van der Waals surface area contributed by atoms with E-state index in [1.807, 2.05) is 13.8 Å². The molecule has 0 aromatic heterocycles. The van der Waals surface area contributed by atoms with E-state index in [9.17, 15) is 4.79 Å². The molecule has 5 nitrogen and oxygen atoms in total. The molecule has 0 saturated carbocycles. The van der Waals surface area contributed by atoms with Gasteiger partial charge in [-0.2, -0.15) is 0 Å². The number of hydrogen-bond acceptors (Lipinski definition) is 4. The molecule has 1 aliphatic rings. The Morgan fingerprint density at radius 2 is 1.94 bits per heavy atom. The Morgan fingerprint density at radius 3 is 2.33 bits per heavy atom. The summed E-state index contributed by atoms with van der Waals surface area (Å²) in [5.74, 6) is -0.251. The average molecular weight is 256 g/mol. The molecule has 0 aromatic rings. The van der Waals surface area contributed by atoms with Crippen molar-refractivity contribution in [3.8, 4) is 0 Å². The summed E-state index contributed by atoms with van der Waals surface area (Å²) in [5.41, 5.74) is 5.44. The van der Waals surface area contributed by atoms with Crippen LogP contribution in [0.1, 0.15) is 26.7 Å². The molecule has 5 heteroatoms. The third-order valence-electron chi connectivity index (χ3n) is 3.61. The van der Waals surface area contributed by atoms with Crippen LogP contribution in [0.5, 0.6) is 0 Å². The van der Waals surface area contributed by atoms with Gasteiger partial charge in [-0.3, -0.25) is 4.79 Å². The number of nitrogens with zero attached hydrogens (tertiary/aromatic N) is 2. The number of nitrogens with one attached hydrogen (secondary N) is 1. The first-order valence-corrected chi connectivity index (χ1v) is 6.84. The smallest absolute Gasteiger partial charge is 0.235 e. The third-order valence-corrected chi connectivity index (χ3v) is 3.61. The zero-order chi connectivity index (χ0) is 13.7. The maximum atomic E-state index is 11.4. The molecular weight excluding hydrogens is 228 g/mol. The first-order valence-electron chi connectivity index (χ1n) is 6.84. The molecule has 0 bridgehead atoms. The minimum absolute atomic E-state index is 0.235. The van der Waals surface area contributed by atoms with Gasteiger partial charge in [0, 0.05) is 18.6 Å². The molecule has 1 rings (SSSR count). The molecule has 3 N–H and O–H groups in total. The number of carbonyl (C=O) groups is 1. The Bertz CT molecular complexity index is 260. The van der Waals surface area contributed by atoms with Gasteiger partial charge >= 0.3 is 0 Å². The van der Waals surface area contributed by atoms with Crippen molar-refractivity contribution in [3.63, 3.8) is 0 Å². The first-order chi connectivity index (χ1) is 8.40. The molecule has 1 aliphatic heterocycles. The second-order valence-electron chi connectivity index (χ2n) is 5.77. The number of amides is 1. The van der Waals surface area contributed by atoms with E-state index in [4.69, 9.17) is 5.73 Å². The Balaban J connectivity index is 2.40. The molecule has 0 spiro atoms.